The molecule has 29 heavy (non-hydrogen) atoms. The van der Waals surface area contributed by atoms with Crippen molar-refractivity contribution in [2.75, 3.05) is 18.9 Å². The second-order valence-corrected chi connectivity index (χ2v) is 8.19. The van der Waals surface area contributed by atoms with Crippen molar-refractivity contribution in [1.29, 1.82) is 0 Å². The lowest BCUT2D eigenvalue weighted by Gasteiger charge is -2.10. The van der Waals surface area contributed by atoms with Crippen LogP contribution in [0, 0.1) is 0 Å². The molecule has 0 spiro atoms. The maximum Gasteiger partial charge on any atom is 0.278 e. The zero-order valence-corrected chi connectivity index (χ0v) is 16.9. The van der Waals surface area contributed by atoms with E-state index in [-0.39, 0.29) is 22.0 Å². The van der Waals surface area contributed by atoms with Crippen LogP contribution < -0.4 is 18.9 Å². The third kappa shape index (κ3) is 3.69. The predicted octanol–water partition coefficient (Wildman–Crippen LogP) is 3.89. The molecule has 0 amide bonds. The molecule has 2 heterocycles. The molecule has 0 fully saturated rings. The molecule has 0 atom stereocenters. The Kier molecular flexibility index (Phi) is 4.99. The molecule has 2 aromatic carbocycles. The number of nitrogens with zero attached hydrogens (tertiary/aromatic N) is 2. The van der Waals surface area contributed by atoms with Crippen LogP contribution in [0.25, 0.3) is 11.0 Å². The molecule has 4 rings (SSSR count). The minimum absolute atomic E-state index is 0.0106. The van der Waals surface area contributed by atoms with E-state index >= 15 is 0 Å². The van der Waals surface area contributed by atoms with Gasteiger partial charge in [-0.2, -0.15) is 0 Å². The Hall–Kier alpha value is -3.31. The van der Waals surface area contributed by atoms with Crippen molar-refractivity contribution < 1.29 is 27.2 Å². The summed E-state index contributed by atoms with van der Waals surface area (Å²) in [4.78, 5) is 4.03. The van der Waals surface area contributed by atoms with E-state index in [0.717, 1.165) is 0 Å². The molecule has 0 unspecified atom stereocenters. The van der Waals surface area contributed by atoms with E-state index < -0.39 is 10.0 Å². The third-order valence-corrected chi connectivity index (χ3v) is 5.96. The molecule has 1 N–H and O–H groups in total. The van der Waals surface area contributed by atoms with Crippen LogP contribution in [0.1, 0.15) is 0 Å². The van der Waals surface area contributed by atoms with Crippen molar-refractivity contribution in [2.24, 2.45) is 0 Å². The van der Waals surface area contributed by atoms with Crippen LogP contribution >= 0.6 is 11.3 Å². The summed E-state index contributed by atoms with van der Waals surface area (Å²) < 4.78 is 49.6. The van der Waals surface area contributed by atoms with Gasteiger partial charge in [-0.3, -0.25) is 4.72 Å². The number of aromatic nitrogens is 2. The maximum absolute atomic E-state index is 12.9. The molecule has 0 aliphatic rings. The Morgan fingerprint density at radius 3 is 2.62 bits per heavy atom. The van der Waals surface area contributed by atoms with Gasteiger partial charge in [0.15, 0.2) is 11.4 Å². The lowest BCUT2D eigenvalue weighted by Crippen LogP contribution is -2.14. The number of hydrogen-bond donors (Lipinski definition) is 1. The van der Waals surface area contributed by atoms with Gasteiger partial charge in [-0.15, -0.1) is 0 Å². The van der Waals surface area contributed by atoms with Crippen molar-refractivity contribution in [3.8, 4) is 22.4 Å². The first kappa shape index (κ1) is 19.0. The van der Waals surface area contributed by atoms with E-state index in [0.29, 0.717) is 22.1 Å². The van der Waals surface area contributed by atoms with Crippen LogP contribution in [-0.2, 0) is 10.0 Å². The van der Waals surface area contributed by atoms with E-state index in [1.165, 1.54) is 31.6 Å². The van der Waals surface area contributed by atoms with Crippen LogP contribution in [0.15, 0.2) is 57.4 Å². The molecule has 0 saturated carbocycles. The van der Waals surface area contributed by atoms with Crippen molar-refractivity contribution in [3.05, 3.63) is 48.0 Å². The Balaban J connectivity index is 1.73. The predicted molar refractivity (Wildman–Crippen MR) is 107 cm³/mol. The highest BCUT2D eigenvalue weighted by Crippen LogP contribution is 2.38. The fourth-order valence-electron chi connectivity index (χ4n) is 2.69. The Morgan fingerprint density at radius 2 is 1.90 bits per heavy atom. The molecule has 0 bridgehead atoms. The lowest BCUT2D eigenvalue weighted by molar-refractivity contribution is 0.403. The Morgan fingerprint density at radius 1 is 1.10 bits per heavy atom. The average Bonchev–Trinajstić information content (AvgIpc) is 3.37. The van der Waals surface area contributed by atoms with Gasteiger partial charge in [-0.05, 0) is 12.1 Å². The summed E-state index contributed by atoms with van der Waals surface area (Å²) in [5.74, 6) is 0.940. The Bertz CT molecular complexity index is 1250. The van der Waals surface area contributed by atoms with Gasteiger partial charge in [0, 0.05) is 23.7 Å². The molecule has 150 valence electrons. The summed E-state index contributed by atoms with van der Waals surface area (Å²) in [6.07, 6.45) is 1.62. The molecule has 0 aliphatic carbocycles. The minimum atomic E-state index is -3.99. The normalized spacial score (nSPS) is 11.4. The lowest BCUT2D eigenvalue weighted by atomic mass is 10.2. The van der Waals surface area contributed by atoms with Gasteiger partial charge in [0.1, 0.15) is 27.5 Å². The average molecular weight is 433 g/mol. The molecule has 4 aromatic rings. The summed E-state index contributed by atoms with van der Waals surface area (Å²) in [6.45, 7) is 0. The molecular weight excluding hydrogens is 418 g/mol. The zero-order valence-electron chi connectivity index (χ0n) is 15.3. The topological polar surface area (TPSA) is 113 Å². The van der Waals surface area contributed by atoms with E-state index in [1.54, 1.807) is 41.9 Å². The highest BCUT2D eigenvalue weighted by Gasteiger charge is 2.24. The number of thiazole rings is 1. The second-order valence-electron chi connectivity index (χ2n) is 5.69. The highest BCUT2D eigenvalue weighted by molar-refractivity contribution is 7.92. The number of para-hydroxylation sites is 1. The number of rotatable bonds is 7. The maximum atomic E-state index is 12.9. The van der Waals surface area contributed by atoms with Crippen molar-refractivity contribution in [3.63, 3.8) is 0 Å². The van der Waals surface area contributed by atoms with E-state index in [1.807, 2.05) is 0 Å². The second kappa shape index (κ2) is 7.60. The number of hydrogen-bond acceptors (Lipinski definition) is 9. The molecule has 9 nitrogen and oxygen atoms in total. The van der Waals surface area contributed by atoms with Crippen molar-refractivity contribution in [1.82, 2.24) is 10.1 Å². The molecule has 11 heteroatoms. The molecule has 2 aromatic heterocycles. The number of nitrogens with one attached hydrogen (secondary N) is 1. The standard InChI is InChI=1S/C18H15N3O6S2/c1-24-12-5-3-4-6-15(12)29(22,23)21-17-16-13(25-2)9-11(10-14(16)27-20-17)26-18-19-7-8-28-18/h3-10H,1-2H3,(H,20,21). The van der Waals surface area contributed by atoms with Gasteiger partial charge in [0.25, 0.3) is 15.2 Å². The van der Waals surface area contributed by atoms with Gasteiger partial charge < -0.3 is 18.7 Å². The van der Waals surface area contributed by atoms with Crippen LogP contribution in [0.2, 0.25) is 0 Å². The van der Waals surface area contributed by atoms with Gasteiger partial charge in [0.05, 0.1) is 14.2 Å². The first-order valence-electron chi connectivity index (χ1n) is 8.22. The zero-order chi connectivity index (χ0) is 20.4. The first-order valence-corrected chi connectivity index (χ1v) is 10.6. The summed E-state index contributed by atoms with van der Waals surface area (Å²) in [6, 6.07) is 9.44. The molecule has 0 aliphatic heterocycles. The SMILES string of the molecule is COc1ccccc1S(=O)(=O)Nc1noc2cc(Oc3nccs3)cc(OC)c12. The minimum Gasteiger partial charge on any atom is -0.496 e. The number of fused-ring (bicyclic) bond motifs is 1. The monoisotopic (exact) mass is 433 g/mol. The van der Waals surface area contributed by atoms with Crippen LogP contribution in [0.3, 0.4) is 0 Å². The van der Waals surface area contributed by atoms with Crippen LogP contribution in [-0.4, -0.2) is 32.8 Å². The van der Waals surface area contributed by atoms with Gasteiger partial charge in [0.2, 0.25) is 0 Å². The number of sulfonamides is 1. The fraction of sp³-hybridized carbons (Fsp3) is 0.111. The summed E-state index contributed by atoms with van der Waals surface area (Å²) in [5.41, 5.74) is 0.286. The number of anilines is 1. The molecular formula is C18H15N3O6S2. The van der Waals surface area contributed by atoms with E-state index in [9.17, 15) is 8.42 Å². The summed E-state index contributed by atoms with van der Waals surface area (Å²) in [7, 11) is -1.14. The quantitative estimate of drug-likeness (QED) is 0.467. The van der Waals surface area contributed by atoms with Crippen molar-refractivity contribution in [2.45, 2.75) is 4.90 Å². The summed E-state index contributed by atoms with van der Waals surface area (Å²) in [5, 5.41) is 6.44. The third-order valence-electron chi connectivity index (χ3n) is 3.94. The molecule has 0 saturated heterocycles. The van der Waals surface area contributed by atoms with Crippen LogP contribution in [0.4, 0.5) is 5.82 Å². The molecule has 0 radical (unpaired) electrons. The van der Waals surface area contributed by atoms with E-state index in [2.05, 4.69) is 14.9 Å². The van der Waals surface area contributed by atoms with Crippen LogP contribution in [0.5, 0.6) is 22.4 Å². The largest absolute Gasteiger partial charge is 0.496 e. The van der Waals surface area contributed by atoms with Gasteiger partial charge in [-0.25, -0.2) is 13.4 Å². The van der Waals surface area contributed by atoms with Gasteiger partial charge in [-0.1, -0.05) is 28.6 Å². The Labute approximate surface area is 169 Å². The number of methoxy groups -OCH3 is 2. The van der Waals surface area contributed by atoms with Crippen molar-refractivity contribution >= 4 is 38.1 Å². The van der Waals surface area contributed by atoms with Gasteiger partial charge >= 0.3 is 0 Å². The number of ether oxygens (including phenoxy) is 3. The smallest absolute Gasteiger partial charge is 0.278 e. The number of benzene rings is 2. The summed E-state index contributed by atoms with van der Waals surface area (Å²) >= 11 is 1.33. The highest BCUT2D eigenvalue weighted by atomic mass is 32.2. The first-order chi connectivity index (χ1) is 14.0. The fourth-order valence-corrected chi connectivity index (χ4v) is 4.37. The van der Waals surface area contributed by atoms with E-state index in [4.69, 9.17) is 18.7 Å².